The fourth-order valence-electron chi connectivity index (χ4n) is 5.21. The Morgan fingerprint density at radius 1 is 1.03 bits per heavy atom. The van der Waals surface area contributed by atoms with Crippen LogP contribution in [0.3, 0.4) is 0 Å². The highest BCUT2D eigenvalue weighted by molar-refractivity contribution is 7.15. The summed E-state index contributed by atoms with van der Waals surface area (Å²) in [5.74, 6) is 0.960. The lowest BCUT2D eigenvalue weighted by Crippen LogP contribution is -2.50. The average molecular weight is 526 g/mol. The molecule has 0 unspecified atom stereocenters. The Balaban J connectivity index is 1.19. The van der Waals surface area contributed by atoms with Gasteiger partial charge in [0.1, 0.15) is 11.4 Å². The molecule has 3 aromatic carbocycles. The van der Waals surface area contributed by atoms with Crippen molar-refractivity contribution in [2.45, 2.75) is 51.0 Å². The van der Waals surface area contributed by atoms with Crippen molar-refractivity contribution in [1.82, 2.24) is 15.2 Å². The van der Waals surface area contributed by atoms with Crippen molar-refractivity contribution in [3.05, 3.63) is 83.0 Å². The molecule has 2 fully saturated rings. The standard InChI is InChI=1S/C31H31N3O3S/c1-20-8-6-11-23(18-20)28-27(33-29(38-28)22-15-16-22)30(35)34-17-5-4-12-24(34)19-32-31(36)37-26-14-7-10-21-9-2-3-13-25(21)26/h2-3,6-11,13-14,18,22,24H,4-5,12,15-17,19H2,1H3,(H,32,36)/t24-/m0/s1. The number of nitrogens with one attached hydrogen (secondary N) is 1. The number of benzene rings is 3. The van der Waals surface area contributed by atoms with Crippen LogP contribution < -0.4 is 10.1 Å². The third-order valence-corrected chi connectivity index (χ3v) is 8.64. The molecule has 1 saturated carbocycles. The highest BCUT2D eigenvalue weighted by atomic mass is 32.1. The molecule has 0 radical (unpaired) electrons. The molecule has 0 bridgehead atoms. The lowest BCUT2D eigenvalue weighted by atomic mass is 10.0. The second-order valence-electron chi connectivity index (χ2n) is 10.3. The maximum Gasteiger partial charge on any atom is 0.412 e. The molecule has 194 valence electrons. The first kappa shape index (κ1) is 24.6. The molecule has 4 aromatic rings. The number of amides is 2. The van der Waals surface area contributed by atoms with Gasteiger partial charge in [-0.1, -0.05) is 66.2 Å². The number of piperidine rings is 1. The van der Waals surface area contributed by atoms with Crippen molar-refractivity contribution in [3.63, 3.8) is 0 Å². The van der Waals surface area contributed by atoms with E-state index in [9.17, 15) is 9.59 Å². The number of hydrogen-bond donors (Lipinski definition) is 1. The van der Waals surface area contributed by atoms with Crippen molar-refractivity contribution in [1.29, 1.82) is 0 Å². The van der Waals surface area contributed by atoms with Gasteiger partial charge in [0.2, 0.25) is 0 Å². The summed E-state index contributed by atoms with van der Waals surface area (Å²) in [5.41, 5.74) is 2.75. The van der Waals surface area contributed by atoms with Crippen LogP contribution in [0, 0.1) is 6.92 Å². The molecule has 6 nitrogen and oxygen atoms in total. The molecule has 38 heavy (non-hydrogen) atoms. The number of nitrogens with zero attached hydrogens (tertiary/aromatic N) is 2. The van der Waals surface area contributed by atoms with Crippen molar-refractivity contribution in [2.75, 3.05) is 13.1 Å². The molecular weight excluding hydrogens is 494 g/mol. The third kappa shape index (κ3) is 5.16. The zero-order valence-corrected chi connectivity index (χ0v) is 22.3. The Labute approximate surface area is 226 Å². The van der Waals surface area contributed by atoms with Gasteiger partial charge in [0.15, 0.2) is 0 Å². The van der Waals surface area contributed by atoms with E-state index in [1.165, 1.54) is 0 Å². The molecular formula is C31H31N3O3S. The number of likely N-dealkylation sites (tertiary alicyclic amines) is 1. The first-order valence-corrected chi connectivity index (χ1v) is 14.2. The smallest absolute Gasteiger partial charge is 0.410 e. The summed E-state index contributed by atoms with van der Waals surface area (Å²) >= 11 is 1.66. The van der Waals surface area contributed by atoms with Crippen molar-refractivity contribution < 1.29 is 14.3 Å². The summed E-state index contributed by atoms with van der Waals surface area (Å²) in [4.78, 5) is 34.5. The van der Waals surface area contributed by atoms with Gasteiger partial charge in [-0.05, 0) is 56.0 Å². The van der Waals surface area contributed by atoms with E-state index in [0.717, 1.165) is 63.9 Å². The number of thiazole rings is 1. The summed E-state index contributed by atoms with van der Waals surface area (Å²) in [6.45, 7) is 3.07. The molecule has 2 aliphatic rings. The van der Waals surface area contributed by atoms with Crippen LogP contribution in [0.1, 0.15) is 59.1 Å². The molecule has 1 saturated heterocycles. The fraction of sp³-hybridized carbons (Fsp3) is 0.323. The molecule has 7 heteroatoms. The second-order valence-corrected chi connectivity index (χ2v) is 11.3. The van der Waals surface area contributed by atoms with E-state index >= 15 is 0 Å². The molecule has 0 spiro atoms. The van der Waals surface area contributed by atoms with E-state index in [0.29, 0.717) is 30.5 Å². The van der Waals surface area contributed by atoms with E-state index in [1.807, 2.05) is 47.4 Å². The first-order chi connectivity index (χ1) is 18.6. The van der Waals surface area contributed by atoms with E-state index in [-0.39, 0.29) is 11.9 Å². The van der Waals surface area contributed by atoms with Crippen LogP contribution >= 0.6 is 11.3 Å². The Kier molecular flexibility index (Phi) is 6.85. The van der Waals surface area contributed by atoms with E-state index < -0.39 is 6.09 Å². The summed E-state index contributed by atoms with van der Waals surface area (Å²) < 4.78 is 5.66. The number of ether oxygens (including phenoxy) is 1. The minimum absolute atomic E-state index is 0.0430. The number of hydrogen-bond acceptors (Lipinski definition) is 5. The molecule has 1 aliphatic carbocycles. The maximum absolute atomic E-state index is 14.0. The quantitative estimate of drug-likeness (QED) is 0.296. The third-order valence-electron chi connectivity index (χ3n) is 7.38. The van der Waals surface area contributed by atoms with Gasteiger partial charge in [-0.2, -0.15) is 0 Å². The zero-order chi connectivity index (χ0) is 26.1. The first-order valence-electron chi connectivity index (χ1n) is 13.4. The van der Waals surface area contributed by atoms with Gasteiger partial charge in [-0.25, -0.2) is 9.78 Å². The molecule has 1 atom stereocenters. The molecule has 1 N–H and O–H groups in total. The van der Waals surface area contributed by atoms with Gasteiger partial charge in [-0.15, -0.1) is 11.3 Å². The average Bonchev–Trinajstić information content (AvgIpc) is 3.70. The van der Waals surface area contributed by atoms with Gasteiger partial charge in [0, 0.05) is 30.4 Å². The van der Waals surface area contributed by atoms with Crippen LogP contribution in [0.4, 0.5) is 4.79 Å². The summed E-state index contributed by atoms with van der Waals surface area (Å²) in [7, 11) is 0. The lowest BCUT2D eigenvalue weighted by molar-refractivity contribution is 0.0607. The number of aryl methyl sites for hydroxylation is 1. The van der Waals surface area contributed by atoms with Crippen molar-refractivity contribution in [2.24, 2.45) is 0 Å². The monoisotopic (exact) mass is 525 g/mol. The molecule has 1 aliphatic heterocycles. The normalized spacial score (nSPS) is 17.4. The van der Waals surface area contributed by atoms with E-state index in [1.54, 1.807) is 17.4 Å². The summed E-state index contributed by atoms with van der Waals surface area (Å²) in [6.07, 6.45) is 4.57. The van der Waals surface area contributed by atoms with Gasteiger partial charge < -0.3 is 15.0 Å². The number of rotatable bonds is 6. The van der Waals surface area contributed by atoms with Crippen LogP contribution in [0.2, 0.25) is 0 Å². The molecule has 2 amide bonds. The lowest BCUT2D eigenvalue weighted by Gasteiger charge is -2.35. The Bertz CT molecular complexity index is 1490. The van der Waals surface area contributed by atoms with Crippen LogP contribution in [-0.4, -0.2) is 41.0 Å². The number of fused-ring (bicyclic) bond motifs is 1. The Morgan fingerprint density at radius 3 is 2.68 bits per heavy atom. The SMILES string of the molecule is Cc1cccc(-c2sc(C3CC3)nc2C(=O)N2CCCC[C@H]2CNC(=O)Oc2cccc3ccccc23)c1. The Morgan fingerprint density at radius 2 is 1.84 bits per heavy atom. The van der Waals surface area contributed by atoms with Crippen LogP contribution in [-0.2, 0) is 0 Å². The van der Waals surface area contributed by atoms with Crippen molar-refractivity contribution >= 4 is 34.1 Å². The predicted molar refractivity (Wildman–Crippen MR) is 151 cm³/mol. The van der Waals surface area contributed by atoms with Crippen molar-refractivity contribution in [3.8, 4) is 16.2 Å². The predicted octanol–water partition coefficient (Wildman–Crippen LogP) is 6.93. The van der Waals surface area contributed by atoms with Gasteiger partial charge in [0.25, 0.3) is 5.91 Å². The topological polar surface area (TPSA) is 71.5 Å². The number of aromatic nitrogens is 1. The number of carbonyl (C=O) groups is 2. The van der Waals surface area contributed by atoms with E-state index in [4.69, 9.17) is 9.72 Å². The largest absolute Gasteiger partial charge is 0.412 e. The van der Waals surface area contributed by atoms with Crippen LogP contribution in [0.5, 0.6) is 5.75 Å². The van der Waals surface area contributed by atoms with Crippen LogP contribution in [0.15, 0.2) is 66.7 Å². The molecule has 6 rings (SSSR count). The zero-order valence-electron chi connectivity index (χ0n) is 21.5. The van der Waals surface area contributed by atoms with Crippen LogP contribution in [0.25, 0.3) is 21.2 Å². The molecule has 1 aromatic heterocycles. The van der Waals surface area contributed by atoms with E-state index in [2.05, 4.69) is 30.4 Å². The minimum atomic E-state index is -0.510. The summed E-state index contributed by atoms with van der Waals surface area (Å²) in [5, 5.41) is 5.88. The van der Waals surface area contributed by atoms with Gasteiger partial charge >= 0.3 is 6.09 Å². The highest BCUT2D eigenvalue weighted by Gasteiger charge is 2.34. The Hall–Kier alpha value is -3.71. The minimum Gasteiger partial charge on any atom is -0.410 e. The van der Waals surface area contributed by atoms with Gasteiger partial charge in [0.05, 0.1) is 9.88 Å². The highest BCUT2D eigenvalue weighted by Crippen LogP contribution is 2.45. The maximum atomic E-state index is 14.0. The van der Waals surface area contributed by atoms with Gasteiger partial charge in [-0.3, -0.25) is 4.79 Å². The molecule has 2 heterocycles. The fourth-order valence-corrected chi connectivity index (χ4v) is 6.43. The second kappa shape index (κ2) is 10.6. The number of carbonyl (C=O) groups excluding carboxylic acids is 2. The summed E-state index contributed by atoms with van der Waals surface area (Å²) in [6, 6.07) is 21.7.